The normalized spacial score (nSPS) is 13.6. The Morgan fingerprint density at radius 3 is 1.00 bits per heavy atom. The highest BCUT2D eigenvalue weighted by Gasteiger charge is 2.34. The van der Waals surface area contributed by atoms with Gasteiger partial charge in [0.05, 0.1) is 86.5 Å². The predicted octanol–water partition coefficient (Wildman–Crippen LogP) is -2.64. The Labute approximate surface area is 440 Å². The maximum absolute atomic E-state index is 12.9. The number of nitrogens with zero attached hydrogens (tertiary/aromatic N) is 2. The molecule has 18 N–H and O–H groups in total. The van der Waals surface area contributed by atoms with E-state index in [1.807, 2.05) is 136 Å². The Bertz CT molecular complexity index is 1830. The molecule has 6 atom stereocenters. The number of carbonyl (C=O) groups is 6. The van der Waals surface area contributed by atoms with Gasteiger partial charge in [0, 0.05) is 34.3 Å². The third kappa shape index (κ3) is 17.8. The summed E-state index contributed by atoms with van der Waals surface area (Å²) >= 11 is 11.1. The van der Waals surface area contributed by atoms with Crippen LogP contribution in [0.2, 0.25) is 0 Å². The van der Waals surface area contributed by atoms with Crippen molar-refractivity contribution >= 4 is 182 Å². The van der Waals surface area contributed by atoms with Gasteiger partial charge in [0.2, 0.25) is 0 Å². The minimum absolute atomic E-state index is 0.0543. The number of nitrogens with two attached hydrogens (primary N) is 2. The molecule has 2 aromatic carbocycles. The minimum atomic E-state index is -1.67. The van der Waals surface area contributed by atoms with Crippen LogP contribution in [0.1, 0.15) is 47.9 Å². The van der Waals surface area contributed by atoms with Crippen LogP contribution < -0.4 is 22.1 Å². The zero-order valence-electron chi connectivity index (χ0n) is 32.5. The highest BCUT2D eigenvalue weighted by molar-refractivity contribution is 14.1. The highest BCUT2D eigenvalue weighted by atomic mass is 127. The quantitative estimate of drug-likeness (QED) is 0.0314. The van der Waals surface area contributed by atoms with Gasteiger partial charge >= 0.3 is 11.9 Å². The monoisotopic (exact) mass is 1570 g/mol. The molecule has 0 fully saturated rings. The van der Waals surface area contributed by atoms with Gasteiger partial charge in [0.1, 0.15) is 18.6 Å². The molecule has 4 amide bonds. The van der Waals surface area contributed by atoms with Crippen molar-refractivity contribution in [2.75, 3.05) is 65.1 Å². The van der Waals surface area contributed by atoms with Gasteiger partial charge in [0.15, 0.2) is 12.5 Å². The molecule has 0 saturated carbocycles. The van der Waals surface area contributed by atoms with Crippen molar-refractivity contribution in [2.45, 2.75) is 43.3 Å². The third-order valence-electron chi connectivity index (χ3n) is 7.80. The molecule has 2 rings (SSSR count). The Kier molecular flexibility index (Phi) is 29.0. The number of carboxylic acid groups (broad SMARTS) is 2. The average molecular weight is 1570 g/mol. The first kappa shape index (κ1) is 61.8. The number of aliphatic hydroxyl groups is 10. The van der Waals surface area contributed by atoms with E-state index in [9.17, 15) is 59.4 Å². The zero-order chi connectivity index (χ0) is 49.4. The topological polar surface area (TPSA) is 428 Å². The van der Waals surface area contributed by atoms with E-state index in [1.165, 1.54) is 14.1 Å². The average Bonchev–Trinajstić information content (AvgIpc) is 3.23. The molecule has 6 unspecified atom stereocenters. The molecule has 356 valence electrons. The summed E-state index contributed by atoms with van der Waals surface area (Å²) in [5.41, 5.74) is 12.8. The van der Waals surface area contributed by atoms with Crippen LogP contribution in [0.25, 0.3) is 0 Å². The van der Waals surface area contributed by atoms with Crippen LogP contribution in [0.15, 0.2) is 0 Å². The first-order valence-electron chi connectivity index (χ1n) is 17.1. The number of carbonyl (C=O) groups excluding carboxylic acids is 4. The van der Waals surface area contributed by atoms with Crippen molar-refractivity contribution in [3.8, 4) is 0 Å². The molecule has 24 nitrogen and oxygen atoms in total. The van der Waals surface area contributed by atoms with Gasteiger partial charge < -0.3 is 93.2 Å². The van der Waals surface area contributed by atoms with E-state index in [2.05, 4.69) is 10.6 Å². The number of nitrogens with one attached hydrogen (secondary N) is 2. The van der Waals surface area contributed by atoms with E-state index in [0.717, 1.165) is 9.80 Å². The van der Waals surface area contributed by atoms with Crippen LogP contribution >= 0.6 is 136 Å². The molecule has 0 bridgehead atoms. The zero-order valence-corrected chi connectivity index (χ0v) is 45.5. The smallest absolute Gasteiger partial charge is 0.314 e. The van der Waals surface area contributed by atoms with Crippen molar-refractivity contribution in [2.24, 2.45) is 0 Å². The van der Waals surface area contributed by atoms with Crippen molar-refractivity contribution in [1.29, 1.82) is 0 Å². The lowest BCUT2D eigenvalue weighted by atomic mass is 10.1. The summed E-state index contributed by atoms with van der Waals surface area (Å²) < 4.78 is 2.05. The first-order valence-corrected chi connectivity index (χ1v) is 23.6. The summed E-state index contributed by atoms with van der Waals surface area (Å²) in [5.74, 6) is -5.24. The Balaban J connectivity index is 0.00000106. The van der Waals surface area contributed by atoms with E-state index in [4.69, 9.17) is 42.1 Å². The number of aliphatic hydroxyl groups excluding tert-OH is 10. The molecule has 63 heavy (non-hydrogen) atoms. The van der Waals surface area contributed by atoms with Gasteiger partial charge in [-0.2, -0.15) is 0 Å². The number of amides is 4. The fourth-order valence-corrected chi connectivity index (χ4v) is 12.5. The molecule has 0 spiro atoms. The fourth-order valence-electron chi connectivity index (χ4n) is 4.30. The van der Waals surface area contributed by atoms with Crippen molar-refractivity contribution < 1.29 is 90.0 Å². The van der Waals surface area contributed by atoms with E-state index in [0.29, 0.717) is 14.3 Å². The largest absolute Gasteiger partial charge is 0.481 e. The molecule has 0 aliphatic carbocycles. The number of benzene rings is 2. The third-order valence-corrected chi connectivity index (χ3v) is 14.4. The van der Waals surface area contributed by atoms with Gasteiger partial charge in [-0.1, -0.05) is 0 Å². The predicted molar refractivity (Wildman–Crippen MR) is 271 cm³/mol. The summed E-state index contributed by atoms with van der Waals surface area (Å²) in [4.78, 5) is 71.5. The molecule has 0 aliphatic heterocycles. The van der Waals surface area contributed by atoms with Gasteiger partial charge in [-0.05, 0) is 136 Å². The second-order valence-electron chi connectivity index (χ2n) is 12.4. The lowest BCUT2D eigenvalue weighted by molar-refractivity contribution is -0.147. The van der Waals surface area contributed by atoms with Gasteiger partial charge in [-0.15, -0.1) is 0 Å². The fraction of sp³-hybridized carbons (Fsp3) is 0.455. The van der Waals surface area contributed by atoms with E-state index in [1.54, 1.807) is 0 Å². The maximum Gasteiger partial charge on any atom is 0.314 e. The number of halogens is 6. The second-order valence-corrected chi connectivity index (χ2v) is 18.9. The summed E-state index contributed by atoms with van der Waals surface area (Å²) in [5, 5.41) is 114. The molecule has 0 saturated heterocycles. The Hall–Kier alpha value is -1.16. The van der Waals surface area contributed by atoms with E-state index in [-0.39, 0.29) is 53.9 Å². The molecule has 0 radical (unpaired) electrons. The summed E-state index contributed by atoms with van der Waals surface area (Å²) in [7, 11) is 2.48. The van der Waals surface area contributed by atoms with Crippen LogP contribution in [0, 0.1) is 21.4 Å². The molecule has 30 heteroatoms. The molecule has 2 aromatic rings. The Morgan fingerprint density at radius 2 is 0.778 bits per heavy atom. The van der Waals surface area contributed by atoms with Gasteiger partial charge in [-0.25, -0.2) is 0 Å². The number of hydrogen-bond acceptors (Lipinski definition) is 18. The number of aliphatic carboxylic acids is 2. The first-order chi connectivity index (χ1) is 29.1. The molecular weight excluding hydrogens is 1530 g/mol. The van der Waals surface area contributed by atoms with Gasteiger partial charge in [-0.3, -0.25) is 28.8 Å². The van der Waals surface area contributed by atoms with Crippen LogP contribution in [-0.2, 0) is 9.59 Å². The van der Waals surface area contributed by atoms with Crippen LogP contribution in [0.3, 0.4) is 0 Å². The summed E-state index contributed by atoms with van der Waals surface area (Å²) in [6.07, 6.45) is -9.53. The minimum Gasteiger partial charge on any atom is -0.481 e. The van der Waals surface area contributed by atoms with Crippen LogP contribution in [0.5, 0.6) is 0 Å². The number of likely N-dealkylation sites (N-methyl/N-ethyl adjacent to an activating group) is 2. The van der Waals surface area contributed by atoms with Gasteiger partial charge in [0.25, 0.3) is 23.6 Å². The van der Waals surface area contributed by atoms with Crippen LogP contribution in [0.4, 0.5) is 11.4 Å². The maximum atomic E-state index is 12.9. The van der Waals surface area contributed by atoms with Crippen molar-refractivity contribution in [1.82, 2.24) is 20.4 Å². The molecule has 0 aromatic heterocycles. The number of hydrogen-bond donors (Lipinski definition) is 16. The Morgan fingerprint density at radius 1 is 0.508 bits per heavy atom. The van der Waals surface area contributed by atoms with E-state index < -0.39 is 105 Å². The molecule has 0 aliphatic rings. The number of nitrogen functional groups attached to an aromatic ring is 2. The highest BCUT2D eigenvalue weighted by Crippen LogP contribution is 2.36. The van der Waals surface area contributed by atoms with Crippen molar-refractivity contribution in [3.63, 3.8) is 0 Å². The standard InChI is InChI=1S/2C15H20I3N3O7.C3H4O4/c2*1-21(14(27)6(25)4-23)15(28)8-9(16)7(10(17)12(19)11(8)18)13(26)20-2-5(24)3-22;4-2(5)1-3(6)7/h2*5-6,14,22-25,27H,2-4,19H2,1H3,(H,20,26);1H2,(H,4,5)(H,6,7). The summed E-state index contributed by atoms with van der Waals surface area (Å²) in [6, 6.07) is 0. The lowest BCUT2D eigenvalue weighted by Crippen LogP contribution is -2.46. The van der Waals surface area contributed by atoms with Crippen molar-refractivity contribution in [3.05, 3.63) is 43.7 Å². The second kappa shape index (κ2) is 29.6. The lowest BCUT2D eigenvalue weighted by Gasteiger charge is -2.28. The number of anilines is 2. The number of carboxylic acids is 2. The number of rotatable bonds is 18. The summed E-state index contributed by atoms with van der Waals surface area (Å²) in [6.45, 7) is -2.94. The SMILES string of the molecule is CN(C(=O)c1c(I)c(N)c(I)c(C(=O)NCC(O)CO)c1I)C(O)C(O)CO.CN(C(=O)c1c(I)c(N)c(I)c(C(=O)NCC(O)CO)c1I)C(O)C(O)CO.O=C(O)CC(=O)O. The van der Waals surface area contributed by atoms with Crippen LogP contribution in [-0.4, -0.2) is 197 Å². The van der Waals surface area contributed by atoms with E-state index >= 15 is 0 Å². The molecular formula is C33H44I6N6O18. The molecule has 0 heterocycles.